The van der Waals surface area contributed by atoms with Crippen LogP contribution in [0.4, 0.5) is 30.5 Å². The second-order valence-corrected chi connectivity index (χ2v) is 5.33. The minimum atomic E-state index is -4.42. The van der Waals surface area contributed by atoms with Crippen molar-refractivity contribution in [2.45, 2.75) is 6.18 Å². The summed E-state index contributed by atoms with van der Waals surface area (Å²) in [6.07, 6.45) is -4.42. The van der Waals surface area contributed by atoms with Gasteiger partial charge in [-0.2, -0.15) is 13.2 Å². The van der Waals surface area contributed by atoms with Gasteiger partial charge >= 0.3 is 6.18 Å². The van der Waals surface area contributed by atoms with Crippen molar-refractivity contribution in [3.63, 3.8) is 0 Å². The molecule has 0 atom stereocenters. The first kappa shape index (κ1) is 17.4. The maximum Gasteiger partial charge on any atom is 0.416 e. The van der Waals surface area contributed by atoms with Gasteiger partial charge in [-0.15, -0.1) is 10.2 Å². The van der Waals surface area contributed by atoms with E-state index in [4.69, 9.17) is 0 Å². The molecular weight excluding hydrogens is 345 g/mol. The van der Waals surface area contributed by atoms with Crippen molar-refractivity contribution in [1.29, 1.82) is 0 Å². The number of hydrogen-bond acceptors (Lipinski definition) is 4. The predicted octanol–water partition coefficient (Wildman–Crippen LogP) is 4.49. The van der Waals surface area contributed by atoms with Gasteiger partial charge in [0.05, 0.1) is 5.56 Å². The van der Waals surface area contributed by atoms with Crippen LogP contribution < -0.4 is 10.6 Å². The lowest BCUT2D eigenvalue weighted by Gasteiger charge is -2.10. The predicted molar refractivity (Wildman–Crippen MR) is 91.2 cm³/mol. The van der Waals surface area contributed by atoms with Crippen molar-refractivity contribution < 1.29 is 18.0 Å². The van der Waals surface area contributed by atoms with Crippen molar-refractivity contribution in [1.82, 2.24) is 10.2 Å². The zero-order valence-electron chi connectivity index (χ0n) is 13.3. The third kappa shape index (κ3) is 4.35. The molecule has 0 aliphatic heterocycles. The first-order chi connectivity index (χ1) is 12.4. The number of anilines is 3. The molecule has 0 radical (unpaired) electrons. The lowest BCUT2D eigenvalue weighted by atomic mass is 10.2. The highest BCUT2D eigenvalue weighted by Gasteiger charge is 2.30. The molecule has 0 saturated carbocycles. The Morgan fingerprint density at radius 3 is 2.19 bits per heavy atom. The molecule has 132 valence electrons. The third-order valence-corrected chi connectivity index (χ3v) is 3.40. The van der Waals surface area contributed by atoms with Crippen LogP contribution in [0.25, 0.3) is 0 Å². The van der Waals surface area contributed by atoms with Gasteiger partial charge < -0.3 is 10.6 Å². The zero-order chi connectivity index (χ0) is 18.6. The molecule has 8 heteroatoms. The van der Waals surface area contributed by atoms with E-state index >= 15 is 0 Å². The van der Waals surface area contributed by atoms with Crippen LogP contribution in [0, 0.1) is 0 Å². The molecule has 3 rings (SSSR count). The number of nitrogens with zero attached hydrogens (tertiary/aromatic N) is 2. The summed E-state index contributed by atoms with van der Waals surface area (Å²) in [5.41, 5.74) is -0.0575. The van der Waals surface area contributed by atoms with Crippen LogP contribution in [0.3, 0.4) is 0 Å². The quantitative estimate of drug-likeness (QED) is 0.721. The molecule has 0 aliphatic rings. The molecule has 0 bridgehead atoms. The summed E-state index contributed by atoms with van der Waals surface area (Å²) in [4.78, 5) is 12.0. The number of halogens is 3. The Morgan fingerprint density at radius 2 is 1.54 bits per heavy atom. The van der Waals surface area contributed by atoms with Gasteiger partial charge in [-0.1, -0.05) is 24.3 Å². The molecule has 5 nitrogen and oxygen atoms in total. The van der Waals surface area contributed by atoms with Gasteiger partial charge in [-0.05, 0) is 42.5 Å². The number of alkyl halides is 3. The largest absolute Gasteiger partial charge is 0.416 e. The van der Waals surface area contributed by atoms with E-state index in [9.17, 15) is 18.0 Å². The second-order valence-electron chi connectivity index (χ2n) is 5.33. The van der Waals surface area contributed by atoms with Crippen molar-refractivity contribution in [3.05, 3.63) is 77.9 Å². The molecule has 0 fully saturated rings. The van der Waals surface area contributed by atoms with E-state index in [-0.39, 0.29) is 23.2 Å². The van der Waals surface area contributed by atoms with E-state index in [0.29, 0.717) is 5.56 Å². The van der Waals surface area contributed by atoms with Gasteiger partial charge in [0.25, 0.3) is 5.91 Å². The molecule has 0 unspecified atom stereocenters. The van der Waals surface area contributed by atoms with Crippen LogP contribution in [0.2, 0.25) is 0 Å². The minimum Gasteiger partial charge on any atom is -0.339 e. The zero-order valence-corrected chi connectivity index (χ0v) is 13.3. The van der Waals surface area contributed by atoms with Crippen LogP contribution in [0.15, 0.2) is 66.7 Å². The maximum absolute atomic E-state index is 12.7. The first-order valence-electron chi connectivity index (χ1n) is 7.56. The Bertz CT molecular complexity index is 896. The van der Waals surface area contributed by atoms with E-state index < -0.39 is 11.7 Å². The number of carbonyl (C=O) groups excluding carboxylic acids is 1. The van der Waals surface area contributed by atoms with Crippen LogP contribution in [0.1, 0.15) is 15.9 Å². The topological polar surface area (TPSA) is 66.9 Å². The van der Waals surface area contributed by atoms with Crippen molar-refractivity contribution in [2.75, 3.05) is 10.6 Å². The van der Waals surface area contributed by atoms with E-state index in [0.717, 1.165) is 12.1 Å². The van der Waals surface area contributed by atoms with E-state index in [1.165, 1.54) is 24.3 Å². The molecule has 3 aromatic rings. The van der Waals surface area contributed by atoms with E-state index in [1.54, 1.807) is 30.3 Å². The number of rotatable bonds is 4. The number of carbonyl (C=O) groups is 1. The molecule has 1 heterocycles. The molecule has 1 aromatic heterocycles. The molecule has 0 aliphatic carbocycles. The molecule has 26 heavy (non-hydrogen) atoms. The molecular formula is C18H13F3N4O. The second kappa shape index (κ2) is 7.22. The Balaban J connectivity index is 1.68. The van der Waals surface area contributed by atoms with Gasteiger partial charge in [0.15, 0.2) is 11.6 Å². The van der Waals surface area contributed by atoms with Gasteiger partial charge in [0.1, 0.15) is 0 Å². The van der Waals surface area contributed by atoms with Crippen molar-refractivity contribution >= 4 is 23.2 Å². The average molecular weight is 358 g/mol. The molecule has 0 saturated heterocycles. The van der Waals surface area contributed by atoms with Crippen LogP contribution >= 0.6 is 0 Å². The number of amides is 1. The fourth-order valence-corrected chi connectivity index (χ4v) is 2.16. The molecule has 1 amide bonds. The Labute approximate surface area is 146 Å². The lowest BCUT2D eigenvalue weighted by molar-refractivity contribution is -0.137. The highest BCUT2D eigenvalue weighted by molar-refractivity contribution is 6.03. The molecule has 0 spiro atoms. The van der Waals surface area contributed by atoms with Gasteiger partial charge in [-0.25, -0.2) is 0 Å². The molecule has 2 N–H and O–H groups in total. The summed E-state index contributed by atoms with van der Waals surface area (Å²) in [6.45, 7) is 0. The summed E-state index contributed by atoms with van der Waals surface area (Å²) in [6, 6.07) is 16.4. The van der Waals surface area contributed by atoms with Gasteiger partial charge in [0.2, 0.25) is 0 Å². The summed E-state index contributed by atoms with van der Waals surface area (Å²) >= 11 is 0. The summed E-state index contributed by atoms with van der Waals surface area (Å²) in [5.74, 6) is 0.147. The van der Waals surface area contributed by atoms with Gasteiger partial charge in [0, 0.05) is 11.3 Å². The molecule has 2 aromatic carbocycles. The third-order valence-electron chi connectivity index (χ3n) is 3.40. The SMILES string of the molecule is O=C(Nc1ccc(Nc2cccc(C(F)(F)F)c2)nn1)c1ccccc1. The maximum atomic E-state index is 12.7. The fraction of sp³-hybridized carbons (Fsp3) is 0.0556. The minimum absolute atomic E-state index is 0.230. The Kier molecular flexibility index (Phi) is 4.83. The highest BCUT2D eigenvalue weighted by atomic mass is 19.4. The van der Waals surface area contributed by atoms with Crippen LogP contribution in [0.5, 0.6) is 0 Å². The van der Waals surface area contributed by atoms with Crippen LogP contribution in [-0.4, -0.2) is 16.1 Å². The van der Waals surface area contributed by atoms with Crippen molar-refractivity contribution in [2.24, 2.45) is 0 Å². The van der Waals surface area contributed by atoms with E-state index in [2.05, 4.69) is 20.8 Å². The van der Waals surface area contributed by atoms with E-state index in [1.807, 2.05) is 0 Å². The highest BCUT2D eigenvalue weighted by Crippen LogP contribution is 2.31. The number of hydrogen-bond donors (Lipinski definition) is 2. The normalized spacial score (nSPS) is 11.0. The standard InChI is InChI=1S/C18H13F3N4O/c19-18(20,21)13-7-4-8-14(11-13)22-15-9-10-16(25-24-15)23-17(26)12-5-2-1-3-6-12/h1-11H,(H,22,24)(H,23,25,26). The van der Waals surface area contributed by atoms with Crippen molar-refractivity contribution in [3.8, 4) is 0 Å². The first-order valence-corrected chi connectivity index (χ1v) is 7.56. The number of benzene rings is 2. The van der Waals surface area contributed by atoms with Gasteiger partial charge in [-0.3, -0.25) is 4.79 Å². The number of nitrogens with one attached hydrogen (secondary N) is 2. The fourth-order valence-electron chi connectivity index (χ4n) is 2.16. The summed E-state index contributed by atoms with van der Waals surface area (Å²) in [7, 11) is 0. The Morgan fingerprint density at radius 1 is 0.846 bits per heavy atom. The Hall–Kier alpha value is -3.42. The summed E-state index contributed by atoms with van der Waals surface area (Å²) in [5, 5.41) is 13.0. The lowest BCUT2D eigenvalue weighted by Crippen LogP contribution is -2.13. The number of aromatic nitrogens is 2. The van der Waals surface area contributed by atoms with Crippen LogP contribution in [-0.2, 0) is 6.18 Å². The summed E-state index contributed by atoms with van der Waals surface area (Å²) < 4.78 is 38.2. The smallest absolute Gasteiger partial charge is 0.339 e. The monoisotopic (exact) mass is 358 g/mol. The average Bonchev–Trinajstić information content (AvgIpc) is 2.63.